The van der Waals surface area contributed by atoms with Crippen LogP contribution < -0.4 is 20.1 Å². The van der Waals surface area contributed by atoms with E-state index in [-0.39, 0.29) is 0 Å². The number of benzene rings is 1. The first-order valence-corrected chi connectivity index (χ1v) is 9.63. The Bertz CT molecular complexity index is 905. The maximum Gasteiger partial charge on any atom is 0.325 e. The highest BCUT2D eigenvalue weighted by Crippen LogP contribution is 2.30. The molecule has 0 radical (unpaired) electrons. The second-order valence-electron chi connectivity index (χ2n) is 5.17. The second kappa shape index (κ2) is 9.19. The predicted molar refractivity (Wildman–Crippen MR) is 106 cm³/mol. The SMILES string of the molecule is COc1ccc(NC(=O)Nc2nnc(SCc3cccnc3)s2)cc1OC. The number of nitrogens with zero attached hydrogens (tertiary/aromatic N) is 3. The number of hydrogen-bond donors (Lipinski definition) is 2. The minimum Gasteiger partial charge on any atom is -0.493 e. The number of hydrogen-bond acceptors (Lipinski definition) is 8. The summed E-state index contributed by atoms with van der Waals surface area (Å²) < 4.78 is 11.2. The number of methoxy groups -OCH3 is 2. The van der Waals surface area contributed by atoms with Crippen molar-refractivity contribution in [2.24, 2.45) is 0 Å². The molecular formula is C17H17N5O3S2. The monoisotopic (exact) mass is 403 g/mol. The van der Waals surface area contributed by atoms with E-state index in [1.54, 1.807) is 31.5 Å². The van der Waals surface area contributed by atoms with E-state index in [0.29, 0.717) is 22.3 Å². The molecule has 0 aliphatic carbocycles. The zero-order valence-corrected chi connectivity index (χ0v) is 16.3. The molecule has 140 valence electrons. The van der Waals surface area contributed by atoms with Gasteiger partial charge in [-0.2, -0.15) is 0 Å². The largest absolute Gasteiger partial charge is 0.493 e. The Kier molecular flexibility index (Phi) is 6.44. The van der Waals surface area contributed by atoms with Gasteiger partial charge in [0.2, 0.25) is 5.13 Å². The molecule has 10 heteroatoms. The first-order valence-electron chi connectivity index (χ1n) is 7.83. The molecule has 2 heterocycles. The van der Waals surface area contributed by atoms with Crippen molar-refractivity contribution in [2.45, 2.75) is 10.1 Å². The molecule has 0 saturated heterocycles. The summed E-state index contributed by atoms with van der Waals surface area (Å²) in [5.41, 5.74) is 1.67. The number of pyridine rings is 1. The number of ether oxygens (including phenoxy) is 2. The zero-order chi connectivity index (χ0) is 19.1. The molecule has 2 aromatic heterocycles. The standard InChI is InChI=1S/C17H17N5O3S2/c1-24-13-6-5-12(8-14(13)25-2)19-15(23)20-16-21-22-17(27-16)26-10-11-4-3-7-18-9-11/h3-9H,10H2,1-2H3,(H2,19,20,21,23). The van der Waals surface area contributed by atoms with E-state index in [9.17, 15) is 4.79 Å². The number of nitrogens with one attached hydrogen (secondary N) is 2. The molecule has 2 amide bonds. The van der Waals surface area contributed by atoms with Crippen molar-refractivity contribution >= 4 is 39.9 Å². The summed E-state index contributed by atoms with van der Waals surface area (Å²) >= 11 is 2.85. The van der Waals surface area contributed by atoms with E-state index in [1.807, 2.05) is 18.3 Å². The van der Waals surface area contributed by atoms with Gasteiger partial charge in [-0.15, -0.1) is 10.2 Å². The zero-order valence-electron chi connectivity index (χ0n) is 14.6. The minimum atomic E-state index is -0.415. The maximum atomic E-state index is 12.2. The van der Waals surface area contributed by atoms with Gasteiger partial charge in [0.25, 0.3) is 0 Å². The Morgan fingerprint density at radius 3 is 2.74 bits per heavy atom. The van der Waals surface area contributed by atoms with Gasteiger partial charge in [0.05, 0.1) is 14.2 Å². The third-order valence-corrected chi connectivity index (χ3v) is 5.40. The third kappa shape index (κ3) is 5.31. The van der Waals surface area contributed by atoms with Crippen molar-refractivity contribution < 1.29 is 14.3 Å². The summed E-state index contributed by atoms with van der Waals surface area (Å²) in [6.07, 6.45) is 3.54. The lowest BCUT2D eigenvalue weighted by Crippen LogP contribution is -2.19. The molecule has 3 rings (SSSR count). The fraction of sp³-hybridized carbons (Fsp3) is 0.176. The van der Waals surface area contributed by atoms with Crippen LogP contribution in [0.25, 0.3) is 0 Å². The van der Waals surface area contributed by atoms with Gasteiger partial charge in [-0.05, 0) is 23.8 Å². The highest BCUT2D eigenvalue weighted by atomic mass is 32.2. The van der Waals surface area contributed by atoms with Crippen molar-refractivity contribution in [2.75, 3.05) is 24.9 Å². The third-order valence-electron chi connectivity index (χ3n) is 3.35. The van der Waals surface area contributed by atoms with Gasteiger partial charge in [-0.3, -0.25) is 10.3 Å². The molecule has 0 saturated carbocycles. The number of amides is 2. The molecule has 2 N–H and O–H groups in total. The first-order chi connectivity index (χ1) is 13.2. The average Bonchev–Trinajstić information content (AvgIpc) is 3.14. The fourth-order valence-electron chi connectivity index (χ4n) is 2.12. The van der Waals surface area contributed by atoms with Crippen LogP contribution in [0.5, 0.6) is 11.5 Å². The molecule has 0 aliphatic rings. The summed E-state index contributed by atoms with van der Waals surface area (Å²) in [6.45, 7) is 0. The topological polar surface area (TPSA) is 98.3 Å². The van der Waals surface area contributed by atoms with Gasteiger partial charge in [-0.25, -0.2) is 4.79 Å². The van der Waals surface area contributed by atoms with Crippen molar-refractivity contribution in [1.82, 2.24) is 15.2 Å². The van der Waals surface area contributed by atoms with Gasteiger partial charge < -0.3 is 14.8 Å². The van der Waals surface area contributed by atoms with Crippen LogP contribution in [0.15, 0.2) is 47.1 Å². The van der Waals surface area contributed by atoms with Crippen molar-refractivity contribution in [3.8, 4) is 11.5 Å². The molecule has 0 aliphatic heterocycles. The summed E-state index contributed by atoms with van der Waals surface area (Å²) in [7, 11) is 3.09. The second-order valence-corrected chi connectivity index (χ2v) is 7.37. The number of urea groups is 1. The molecule has 1 aromatic carbocycles. The molecule has 0 fully saturated rings. The smallest absolute Gasteiger partial charge is 0.325 e. The number of thioether (sulfide) groups is 1. The number of carbonyl (C=O) groups excluding carboxylic acids is 1. The molecular weight excluding hydrogens is 386 g/mol. The Hall–Kier alpha value is -2.85. The molecule has 3 aromatic rings. The first kappa shape index (κ1) is 18.9. The molecule has 27 heavy (non-hydrogen) atoms. The molecule has 8 nitrogen and oxygen atoms in total. The van der Waals surface area contributed by atoms with Crippen LogP contribution in [0.4, 0.5) is 15.6 Å². The highest BCUT2D eigenvalue weighted by molar-refractivity contribution is 8.00. The number of carbonyl (C=O) groups is 1. The van der Waals surface area contributed by atoms with E-state index < -0.39 is 6.03 Å². The van der Waals surface area contributed by atoms with Crippen LogP contribution in [0.3, 0.4) is 0 Å². The van der Waals surface area contributed by atoms with Crippen LogP contribution in [0, 0.1) is 0 Å². The van der Waals surface area contributed by atoms with E-state index in [4.69, 9.17) is 9.47 Å². The highest BCUT2D eigenvalue weighted by Gasteiger charge is 2.11. The van der Waals surface area contributed by atoms with Crippen molar-refractivity contribution in [3.63, 3.8) is 0 Å². The van der Waals surface area contributed by atoms with Gasteiger partial charge in [0.1, 0.15) is 0 Å². The Morgan fingerprint density at radius 2 is 2.00 bits per heavy atom. The van der Waals surface area contributed by atoms with Gasteiger partial charge in [-0.1, -0.05) is 29.2 Å². The number of anilines is 2. The quantitative estimate of drug-likeness (QED) is 0.456. The summed E-state index contributed by atoms with van der Waals surface area (Å²) in [4.78, 5) is 16.2. The van der Waals surface area contributed by atoms with Crippen molar-refractivity contribution in [1.29, 1.82) is 0 Å². The fourth-order valence-corrected chi connectivity index (χ4v) is 3.80. The lowest BCUT2D eigenvalue weighted by Gasteiger charge is -2.10. The van der Waals surface area contributed by atoms with Crippen LogP contribution >= 0.6 is 23.1 Å². The summed E-state index contributed by atoms with van der Waals surface area (Å²) in [6, 6.07) is 8.58. The van der Waals surface area contributed by atoms with Crippen LogP contribution in [0.1, 0.15) is 5.56 Å². The van der Waals surface area contributed by atoms with E-state index in [2.05, 4.69) is 25.8 Å². The minimum absolute atomic E-state index is 0.415. The van der Waals surface area contributed by atoms with Crippen LogP contribution in [-0.4, -0.2) is 35.4 Å². The molecule has 0 spiro atoms. The molecule has 0 bridgehead atoms. The Labute approximate surface area is 164 Å². The lowest BCUT2D eigenvalue weighted by molar-refractivity contribution is 0.262. The van der Waals surface area contributed by atoms with E-state index in [0.717, 1.165) is 15.7 Å². The average molecular weight is 403 g/mol. The predicted octanol–water partition coefficient (Wildman–Crippen LogP) is 3.89. The Morgan fingerprint density at radius 1 is 1.15 bits per heavy atom. The van der Waals surface area contributed by atoms with E-state index >= 15 is 0 Å². The van der Waals surface area contributed by atoms with Gasteiger partial charge in [0, 0.05) is 29.9 Å². The molecule has 0 atom stereocenters. The summed E-state index contributed by atoms with van der Waals surface area (Å²) in [5.74, 6) is 1.85. The van der Waals surface area contributed by atoms with Crippen molar-refractivity contribution in [3.05, 3.63) is 48.3 Å². The lowest BCUT2D eigenvalue weighted by atomic mass is 10.3. The number of aromatic nitrogens is 3. The van der Waals surface area contributed by atoms with Gasteiger partial charge in [0.15, 0.2) is 15.8 Å². The van der Waals surface area contributed by atoms with Crippen LogP contribution in [0.2, 0.25) is 0 Å². The number of rotatable bonds is 7. The molecule has 0 unspecified atom stereocenters. The van der Waals surface area contributed by atoms with E-state index in [1.165, 1.54) is 30.2 Å². The maximum absolute atomic E-state index is 12.2. The Balaban J connectivity index is 1.54. The van der Waals surface area contributed by atoms with Crippen LogP contribution in [-0.2, 0) is 5.75 Å². The summed E-state index contributed by atoms with van der Waals surface area (Å²) in [5, 5.41) is 13.9. The normalized spacial score (nSPS) is 10.3. The van der Waals surface area contributed by atoms with Gasteiger partial charge >= 0.3 is 6.03 Å².